The van der Waals surface area contributed by atoms with Gasteiger partial charge in [-0.3, -0.25) is 0 Å². The Labute approximate surface area is 93.1 Å². The molecule has 0 fully saturated rings. The molecule has 1 unspecified atom stereocenters. The molecule has 0 aromatic carbocycles. The monoisotopic (exact) mass is 204 g/mol. The van der Waals surface area contributed by atoms with E-state index in [0.29, 0.717) is 0 Å². The maximum atomic E-state index is 2.33. The zero-order chi connectivity index (χ0) is 10.8. The molecule has 1 aliphatic rings. The molecule has 1 aliphatic carbocycles. The van der Waals surface area contributed by atoms with Crippen molar-refractivity contribution in [3.05, 3.63) is 29.6 Å². The number of aryl methyl sites for hydroxylation is 2. The van der Waals surface area contributed by atoms with Gasteiger partial charge in [-0.25, -0.2) is 4.57 Å². The van der Waals surface area contributed by atoms with Gasteiger partial charge in [-0.05, 0) is 37.2 Å². The molecule has 1 atom stereocenters. The lowest BCUT2D eigenvalue weighted by Crippen LogP contribution is -2.37. The molecule has 1 aromatic heterocycles. The van der Waals surface area contributed by atoms with Gasteiger partial charge in [0, 0.05) is 18.1 Å². The molecule has 0 saturated carbocycles. The second-order valence-corrected chi connectivity index (χ2v) is 5.33. The maximum Gasteiger partial charge on any atom is 0.184 e. The lowest BCUT2D eigenvalue weighted by atomic mass is 9.82. The van der Waals surface area contributed by atoms with Crippen molar-refractivity contribution < 1.29 is 4.57 Å². The smallest absolute Gasteiger partial charge is 0.184 e. The molecule has 0 aliphatic heterocycles. The first kappa shape index (κ1) is 10.7. The number of pyridine rings is 1. The minimum Gasteiger partial charge on any atom is -0.205 e. The van der Waals surface area contributed by atoms with E-state index in [4.69, 9.17) is 0 Å². The van der Waals surface area contributed by atoms with Crippen molar-refractivity contribution in [3.8, 4) is 0 Å². The van der Waals surface area contributed by atoms with Gasteiger partial charge in [0.1, 0.15) is 7.05 Å². The highest BCUT2D eigenvalue weighted by molar-refractivity contribution is 5.19. The van der Waals surface area contributed by atoms with Gasteiger partial charge < -0.3 is 0 Å². The normalized spacial score (nSPS) is 20.4. The van der Waals surface area contributed by atoms with Gasteiger partial charge >= 0.3 is 0 Å². The summed E-state index contributed by atoms with van der Waals surface area (Å²) in [5.74, 6) is 1.75. The lowest BCUT2D eigenvalue weighted by molar-refractivity contribution is -0.680. The largest absolute Gasteiger partial charge is 0.205 e. The summed E-state index contributed by atoms with van der Waals surface area (Å²) in [6.45, 7) is 4.67. The Bertz CT molecular complexity index is 341. The predicted molar refractivity (Wildman–Crippen MR) is 62.6 cm³/mol. The van der Waals surface area contributed by atoms with Gasteiger partial charge in [-0.2, -0.15) is 0 Å². The fraction of sp³-hybridized carbons (Fsp3) is 0.643. The summed E-state index contributed by atoms with van der Waals surface area (Å²) in [6.07, 6.45) is 7.51. The number of hydrogen-bond donors (Lipinski definition) is 0. The molecule has 1 nitrogen and oxygen atoms in total. The standard InChI is InChI=1S/C14H22N/c1-11(2)9-12-6-7-13-5-4-8-15(3)14(13)10-12/h4-5,8,11-12H,6-7,9-10H2,1-3H3/q+1. The van der Waals surface area contributed by atoms with E-state index in [2.05, 4.69) is 43.8 Å². The Kier molecular flexibility index (Phi) is 3.08. The topological polar surface area (TPSA) is 3.88 Å². The average molecular weight is 204 g/mol. The molecular formula is C14H22N+. The molecule has 2 rings (SSSR count). The number of aromatic nitrogens is 1. The van der Waals surface area contributed by atoms with Crippen molar-refractivity contribution in [1.82, 2.24) is 0 Å². The number of rotatable bonds is 2. The zero-order valence-electron chi connectivity index (χ0n) is 10.2. The summed E-state index contributed by atoms with van der Waals surface area (Å²) in [4.78, 5) is 0. The second kappa shape index (κ2) is 4.34. The molecular weight excluding hydrogens is 182 g/mol. The van der Waals surface area contributed by atoms with Crippen LogP contribution in [0.15, 0.2) is 18.3 Å². The molecule has 0 N–H and O–H groups in total. The van der Waals surface area contributed by atoms with E-state index >= 15 is 0 Å². The molecule has 1 aromatic rings. The third kappa shape index (κ3) is 2.39. The van der Waals surface area contributed by atoms with Crippen molar-refractivity contribution in [2.75, 3.05) is 0 Å². The summed E-state index contributed by atoms with van der Waals surface area (Å²) < 4.78 is 2.31. The Hall–Kier alpha value is -0.850. The molecule has 0 bridgehead atoms. The highest BCUT2D eigenvalue weighted by Crippen LogP contribution is 2.27. The van der Waals surface area contributed by atoms with Crippen LogP contribution >= 0.6 is 0 Å². The summed E-state index contributed by atoms with van der Waals surface area (Å²) in [6, 6.07) is 4.46. The maximum absolute atomic E-state index is 2.33. The Balaban J connectivity index is 2.15. The molecule has 0 radical (unpaired) electrons. The summed E-state index contributed by atoms with van der Waals surface area (Å²) in [5.41, 5.74) is 3.13. The quantitative estimate of drug-likeness (QED) is 0.652. The van der Waals surface area contributed by atoms with Crippen molar-refractivity contribution in [2.45, 2.75) is 39.5 Å². The Morgan fingerprint density at radius 1 is 1.47 bits per heavy atom. The first-order valence-electron chi connectivity index (χ1n) is 6.13. The molecule has 0 amide bonds. The summed E-state index contributed by atoms with van der Waals surface area (Å²) >= 11 is 0. The van der Waals surface area contributed by atoms with Gasteiger partial charge in [0.25, 0.3) is 0 Å². The first-order chi connectivity index (χ1) is 7.16. The minimum atomic E-state index is 0.838. The van der Waals surface area contributed by atoms with Crippen LogP contribution in [0.1, 0.15) is 37.9 Å². The lowest BCUT2D eigenvalue weighted by Gasteiger charge is -2.23. The van der Waals surface area contributed by atoms with Crippen LogP contribution < -0.4 is 4.57 Å². The Morgan fingerprint density at radius 3 is 3.00 bits per heavy atom. The fourth-order valence-corrected chi connectivity index (χ4v) is 2.81. The van der Waals surface area contributed by atoms with Gasteiger partial charge in [0.05, 0.1) is 0 Å². The van der Waals surface area contributed by atoms with E-state index in [1.54, 1.807) is 11.3 Å². The second-order valence-electron chi connectivity index (χ2n) is 5.33. The van der Waals surface area contributed by atoms with Crippen LogP contribution in [0.5, 0.6) is 0 Å². The van der Waals surface area contributed by atoms with E-state index in [-0.39, 0.29) is 0 Å². The van der Waals surface area contributed by atoms with E-state index in [1.165, 1.54) is 25.7 Å². The molecule has 1 heterocycles. The van der Waals surface area contributed by atoms with Crippen molar-refractivity contribution >= 4 is 0 Å². The molecule has 0 spiro atoms. The van der Waals surface area contributed by atoms with Crippen LogP contribution in [0.3, 0.4) is 0 Å². The SMILES string of the molecule is CC(C)CC1CCc2ccc[n+](C)c2C1. The zero-order valence-corrected chi connectivity index (χ0v) is 10.2. The minimum absolute atomic E-state index is 0.838. The number of hydrogen-bond acceptors (Lipinski definition) is 0. The summed E-state index contributed by atoms with van der Waals surface area (Å²) in [7, 11) is 2.18. The highest BCUT2D eigenvalue weighted by Gasteiger charge is 2.24. The fourth-order valence-electron chi connectivity index (χ4n) is 2.81. The first-order valence-corrected chi connectivity index (χ1v) is 6.13. The third-order valence-electron chi connectivity index (χ3n) is 3.51. The van der Waals surface area contributed by atoms with Gasteiger partial charge in [-0.15, -0.1) is 0 Å². The Morgan fingerprint density at radius 2 is 2.27 bits per heavy atom. The van der Waals surface area contributed by atoms with E-state index in [0.717, 1.165) is 11.8 Å². The summed E-state index contributed by atoms with van der Waals surface area (Å²) in [5, 5.41) is 0. The van der Waals surface area contributed by atoms with E-state index in [9.17, 15) is 0 Å². The van der Waals surface area contributed by atoms with Crippen LogP contribution in [-0.4, -0.2) is 0 Å². The van der Waals surface area contributed by atoms with Crippen LogP contribution in [-0.2, 0) is 19.9 Å². The molecule has 1 heteroatoms. The number of fused-ring (bicyclic) bond motifs is 1. The van der Waals surface area contributed by atoms with Crippen molar-refractivity contribution in [1.29, 1.82) is 0 Å². The van der Waals surface area contributed by atoms with Crippen molar-refractivity contribution in [2.24, 2.45) is 18.9 Å². The van der Waals surface area contributed by atoms with Crippen LogP contribution in [0, 0.1) is 11.8 Å². The van der Waals surface area contributed by atoms with E-state index < -0.39 is 0 Å². The van der Waals surface area contributed by atoms with Crippen LogP contribution in [0.2, 0.25) is 0 Å². The van der Waals surface area contributed by atoms with Crippen LogP contribution in [0.25, 0.3) is 0 Å². The van der Waals surface area contributed by atoms with Gasteiger partial charge in [0.2, 0.25) is 0 Å². The predicted octanol–water partition coefficient (Wildman–Crippen LogP) is 2.66. The highest BCUT2D eigenvalue weighted by atomic mass is 14.9. The van der Waals surface area contributed by atoms with E-state index in [1.807, 2.05) is 0 Å². The van der Waals surface area contributed by atoms with Crippen molar-refractivity contribution in [3.63, 3.8) is 0 Å². The average Bonchev–Trinajstić information content (AvgIpc) is 2.18. The molecule has 0 saturated heterocycles. The number of nitrogens with zero attached hydrogens (tertiary/aromatic N) is 1. The molecule has 15 heavy (non-hydrogen) atoms. The third-order valence-corrected chi connectivity index (χ3v) is 3.51. The van der Waals surface area contributed by atoms with Gasteiger partial charge in [0.15, 0.2) is 11.9 Å². The van der Waals surface area contributed by atoms with Crippen LogP contribution in [0.4, 0.5) is 0 Å². The molecule has 82 valence electrons. The van der Waals surface area contributed by atoms with Gasteiger partial charge in [-0.1, -0.05) is 13.8 Å².